The maximum absolute atomic E-state index is 9.46. The third-order valence-corrected chi connectivity index (χ3v) is 4.45. The third-order valence-electron chi connectivity index (χ3n) is 3.92. The van der Waals surface area contributed by atoms with Gasteiger partial charge in [0.2, 0.25) is 0 Å². The lowest BCUT2D eigenvalue weighted by Crippen LogP contribution is -2.66. The van der Waals surface area contributed by atoms with Crippen LogP contribution in [0.3, 0.4) is 0 Å². The third kappa shape index (κ3) is 1.40. The van der Waals surface area contributed by atoms with Gasteiger partial charge in [-0.25, -0.2) is 0 Å². The standard InChI is InChI=1S/C13H12BrNO2/c14-11-3-1-10(2-4-11)13(8-17-9-13)12(5-15)6-16-7-12/h1-4H,6-9H2. The van der Waals surface area contributed by atoms with Gasteiger partial charge in [0.05, 0.1) is 37.9 Å². The Morgan fingerprint density at radius 3 is 2.00 bits per heavy atom. The van der Waals surface area contributed by atoms with Crippen molar-refractivity contribution in [3.8, 4) is 6.07 Å². The van der Waals surface area contributed by atoms with E-state index in [2.05, 4.69) is 34.1 Å². The Bertz CT molecular complexity index is 469. The molecule has 2 heterocycles. The molecule has 2 fully saturated rings. The van der Waals surface area contributed by atoms with Gasteiger partial charge in [-0.15, -0.1) is 0 Å². The second-order valence-electron chi connectivity index (χ2n) is 4.77. The van der Waals surface area contributed by atoms with Crippen LogP contribution in [-0.2, 0) is 14.9 Å². The fourth-order valence-corrected chi connectivity index (χ4v) is 2.81. The van der Waals surface area contributed by atoms with Crippen molar-refractivity contribution in [1.82, 2.24) is 0 Å². The van der Waals surface area contributed by atoms with Gasteiger partial charge >= 0.3 is 0 Å². The summed E-state index contributed by atoms with van der Waals surface area (Å²) in [6.45, 7) is 2.27. The number of nitriles is 1. The zero-order valence-electron chi connectivity index (χ0n) is 9.28. The highest BCUT2D eigenvalue weighted by molar-refractivity contribution is 9.10. The molecule has 88 valence electrons. The maximum atomic E-state index is 9.46. The van der Waals surface area contributed by atoms with Crippen LogP contribution in [0.1, 0.15) is 5.56 Å². The maximum Gasteiger partial charge on any atom is 0.118 e. The minimum absolute atomic E-state index is 0.180. The second kappa shape index (κ2) is 3.81. The SMILES string of the molecule is N#CC1(C2(c3ccc(Br)cc3)COC2)COC1. The summed E-state index contributed by atoms with van der Waals surface area (Å²) >= 11 is 3.43. The predicted molar refractivity (Wildman–Crippen MR) is 65.5 cm³/mol. The first-order chi connectivity index (χ1) is 8.22. The first-order valence-electron chi connectivity index (χ1n) is 5.55. The monoisotopic (exact) mass is 293 g/mol. The van der Waals surface area contributed by atoms with Crippen LogP contribution in [0.25, 0.3) is 0 Å². The molecule has 0 saturated carbocycles. The quantitative estimate of drug-likeness (QED) is 0.840. The van der Waals surface area contributed by atoms with Crippen molar-refractivity contribution in [2.45, 2.75) is 5.41 Å². The fourth-order valence-electron chi connectivity index (χ4n) is 2.55. The molecule has 3 nitrogen and oxygen atoms in total. The van der Waals surface area contributed by atoms with Crippen molar-refractivity contribution < 1.29 is 9.47 Å². The number of benzene rings is 1. The topological polar surface area (TPSA) is 42.2 Å². The van der Waals surface area contributed by atoms with Gasteiger partial charge < -0.3 is 9.47 Å². The van der Waals surface area contributed by atoms with Crippen molar-refractivity contribution in [2.24, 2.45) is 5.41 Å². The molecule has 4 heteroatoms. The Labute approximate surface area is 108 Å². The van der Waals surface area contributed by atoms with Crippen LogP contribution < -0.4 is 0 Å². The number of halogens is 1. The molecule has 0 amide bonds. The molecular weight excluding hydrogens is 282 g/mol. The van der Waals surface area contributed by atoms with E-state index in [1.807, 2.05) is 12.1 Å². The van der Waals surface area contributed by atoms with E-state index in [1.54, 1.807) is 0 Å². The van der Waals surface area contributed by atoms with Crippen LogP contribution in [0.15, 0.2) is 28.7 Å². The van der Waals surface area contributed by atoms with Crippen molar-refractivity contribution in [3.63, 3.8) is 0 Å². The summed E-state index contributed by atoms with van der Waals surface area (Å²) in [5.41, 5.74) is 0.594. The molecular formula is C13H12BrNO2. The van der Waals surface area contributed by atoms with Gasteiger partial charge in [-0.2, -0.15) is 5.26 Å². The van der Waals surface area contributed by atoms with Crippen LogP contribution in [-0.4, -0.2) is 26.4 Å². The van der Waals surface area contributed by atoms with E-state index in [4.69, 9.17) is 9.47 Å². The molecule has 0 spiro atoms. The van der Waals surface area contributed by atoms with E-state index >= 15 is 0 Å². The summed E-state index contributed by atoms with van der Waals surface area (Å²) in [6, 6.07) is 10.6. The average Bonchev–Trinajstić information content (AvgIpc) is 2.22. The highest BCUT2D eigenvalue weighted by Crippen LogP contribution is 2.51. The molecule has 1 aromatic rings. The average molecular weight is 294 g/mol. The molecule has 2 saturated heterocycles. The Morgan fingerprint density at radius 1 is 1.06 bits per heavy atom. The summed E-state index contributed by atoms with van der Waals surface area (Å²) in [6.07, 6.45) is 0. The van der Waals surface area contributed by atoms with Gasteiger partial charge in [0.25, 0.3) is 0 Å². The largest absolute Gasteiger partial charge is 0.379 e. The summed E-state index contributed by atoms with van der Waals surface area (Å²) in [4.78, 5) is 0. The fraction of sp³-hybridized carbons (Fsp3) is 0.462. The molecule has 17 heavy (non-hydrogen) atoms. The van der Waals surface area contributed by atoms with Crippen LogP contribution in [0, 0.1) is 16.7 Å². The van der Waals surface area contributed by atoms with Crippen LogP contribution in [0.2, 0.25) is 0 Å². The van der Waals surface area contributed by atoms with E-state index in [0.29, 0.717) is 26.4 Å². The molecule has 0 aromatic heterocycles. The number of rotatable bonds is 2. The normalized spacial score (nSPS) is 24.2. The number of hydrogen-bond donors (Lipinski definition) is 0. The highest BCUT2D eigenvalue weighted by Gasteiger charge is 2.61. The molecule has 0 atom stereocenters. The van der Waals surface area contributed by atoms with Gasteiger partial charge in [0, 0.05) is 4.47 Å². The summed E-state index contributed by atoms with van der Waals surface area (Å²) in [5, 5.41) is 9.46. The lowest BCUT2D eigenvalue weighted by Gasteiger charge is -2.55. The van der Waals surface area contributed by atoms with Crippen LogP contribution in [0.5, 0.6) is 0 Å². The number of hydrogen-bond acceptors (Lipinski definition) is 3. The van der Waals surface area contributed by atoms with E-state index in [0.717, 1.165) is 4.47 Å². The van der Waals surface area contributed by atoms with Crippen molar-refractivity contribution >= 4 is 15.9 Å². The summed E-state index contributed by atoms with van der Waals surface area (Å²) < 4.78 is 11.7. The van der Waals surface area contributed by atoms with Crippen LogP contribution in [0.4, 0.5) is 0 Å². The first kappa shape index (κ1) is 11.2. The Kier molecular flexibility index (Phi) is 2.51. The minimum atomic E-state index is -0.404. The zero-order valence-corrected chi connectivity index (χ0v) is 10.9. The van der Waals surface area contributed by atoms with Gasteiger partial charge in [-0.05, 0) is 17.7 Å². The van der Waals surface area contributed by atoms with Crippen molar-refractivity contribution in [3.05, 3.63) is 34.3 Å². The smallest absolute Gasteiger partial charge is 0.118 e. The lowest BCUT2D eigenvalue weighted by atomic mass is 9.58. The van der Waals surface area contributed by atoms with Gasteiger partial charge in [-0.3, -0.25) is 0 Å². The molecule has 0 unspecified atom stereocenters. The number of ether oxygens (including phenoxy) is 2. The Balaban J connectivity index is 2.03. The molecule has 0 N–H and O–H groups in total. The molecule has 2 aliphatic heterocycles. The predicted octanol–water partition coefficient (Wildman–Crippen LogP) is 2.26. The molecule has 3 rings (SSSR count). The van der Waals surface area contributed by atoms with Gasteiger partial charge in [0.15, 0.2) is 0 Å². The van der Waals surface area contributed by atoms with Gasteiger partial charge in [-0.1, -0.05) is 28.1 Å². The van der Waals surface area contributed by atoms with Crippen molar-refractivity contribution in [2.75, 3.05) is 26.4 Å². The van der Waals surface area contributed by atoms with E-state index in [-0.39, 0.29) is 5.41 Å². The van der Waals surface area contributed by atoms with E-state index in [9.17, 15) is 5.26 Å². The number of nitrogens with zero attached hydrogens (tertiary/aromatic N) is 1. The Hall–Kier alpha value is -0.890. The molecule has 2 aliphatic rings. The first-order valence-corrected chi connectivity index (χ1v) is 6.35. The molecule has 0 aliphatic carbocycles. The second-order valence-corrected chi connectivity index (χ2v) is 5.68. The van der Waals surface area contributed by atoms with Crippen LogP contribution >= 0.6 is 15.9 Å². The molecule has 0 radical (unpaired) electrons. The van der Waals surface area contributed by atoms with E-state index < -0.39 is 5.41 Å². The van der Waals surface area contributed by atoms with Crippen molar-refractivity contribution in [1.29, 1.82) is 5.26 Å². The summed E-state index contributed by atoms with van der Waals surface area (Å²) in [5.74, 6) is 0. The lowest BCUT2D eigenvalue weighted by molar-refractivity contribution is -0.201. The minimum Gasteiger partial charge on any atom is -0.379 e. The van der Waals surface area contributed by atoms with Gasteiger partial charge in [0.1, 0.15) is 5.41 Å². The summed E-state index contributed by atoms with van der Waals surface area (Å²) in [7, 11) is 0. The molecule has 1 aromatic carbocycles. The zero-order chi connectivity index (χ0) is 11.9. The molecule has 0 bridgehead atoms. The highest BCUT2D eigenvalue weighted by atomic mass is 79.9. The Morgan fingerprint density at radius 2 is 1.65 bits per heavy atom. The van der Waals surface area contributed by atoms with E-state index in [1.165, 1.54) is 5.56 Å².